The van der Waals surface area contributed by atoms with Crippen LogP contribution in [0.25, 0.3) is 0 Å². The highest BCUT2D eigenvalue weighted by atomic mass is 16.2. The molecular formula is C16H20N6O. The summed E-state index contributed by atoms with van der Waals surface area (Å²) in [7, 11) is 3.81. The summed E-state index contributed by atoms with van der Waals surface area (Å²) in [5.74, 6) is 0.263. The van der Waals surface area contributed by atoms with E-state index in [4.69, 9.17) is 0 Å². The van der Waals surface area contributed by atoms with E-state index in [1.54, 1.807) is 18.6 Å². The molecule has 0 radical (unpaired) electrons. The molecule has 7 heteroatoms. The Balaban J connectivity index is 1.61. The third-order valence-corrected chi connectivity index (χ3v) is 5.19. The van der Waals surface area contributed by atoms with E-state index in [1.165, 1.54) is 0 Å². The first-order valence-corrected chi connectivity index (χ1v) is 7.93. The first-order valence-electron chi connectivity index (χ1n) is 7.93. The SMILES string of the molecule is CN1C(=O)N(Cc2ccnn2C)[C@H]2CC[C@@H](c3cnccn3)[C@H]21. The van der Waals surface area contributed by atoms with Crippen molar-refractivity contribution < 1.29 is 4.79 Å². The Morgan fingerprint density at radius 2 is 2.09 bits per heavy atom. The van der Waals surface area contributed by atoms with Gasteiger partial charge in [-0.2, -0.15) is 5.10 Å². The molecular weight excluding hydrogens is 292 g/mol. The molecule has 0 unspecified atom stereocenters. The topological polar surface area (TPSA) is 67.2 Å². The van der Waals surface area contributed by atoms with Crippen molar-refractivity contribution >= 4 is 6.03 Å². The van der Waals surface area contributed by atoms with Crippen LogP contribution in [0.4, 0.5) is 4.79 Å². The summed E-state index contributed by atoms with van der Waals surface area (Å²) in [6, 6.07) is 2.46. The van der Waals surface area contributed by atoms with Gasteiger partial charge in [-0.15, -0.1) is 0 Å². The molecule has 7 nitrogen and oxygen atoms in total. The average molecular weight is 312 g/mol. The quantitative estimate of drug-likeness (QED) is 0.859. The predicted octanol–water partition coefficient (Wildman–Crippen LogP) is 1.39. The van der Waals surface area contributed by atoms with Gasteiger partial charge in [-0.05, 0) is 18.9 Å². The van der Waals surface area contributed by atoms with Gasteiger partial charge in [0, 0.05) is 44.8 Å². The largest absolute Gasteiger partial charge is 0.322 e. The fraction of sp³-hybridized carbons (Fsp3) is 0.500. The number of likely N-dealkylation sites (N-methyl/N-ethyl adjacent to an activating group) is 1. The maximum absolute atomic E-state index is 12.7. The number of carbonyl (C=O) groups excluding carboxylic acids is 1. The normalized spacial score (nSPS) is 26.9. The second-order valence-corrected chi connectivity index (χ2v) is 6.34. The van der Waals surface area contributed by atoms with Crippen molar-refractivity contribution in [2.75, 3.05) is 7.05 Å². The lowest BCUT2D eigenvalue weighted by Crippen LogP contribution is -2.34. The Bertz CT molecular complexity index is 714. The van der Waals surface area contributed by atoms with Crippen LogP contribution in [0.15, 0.2) is 30.9 Å². The van der Waals surface area contributed by atoms with Crippen molar-refractivity contribution in [3.63, 3.8) is 0 Å². The van der Waals surface area contributed by atoms with E-state index in [9.17, 15) is 4.79 Å². The number of hydrogen-bond acceptors (Lipinski definition) is 4. The molecule has 0 aromatic carbocycles. The maximum Gasteiger partial charge on any atom is 0.320 e. The Hall–Kier alpha value is -2.44. The van der Waals surface area contributed by atoms with Crippen LogP contribution in [0.3, 0.4) is 0 Å². The minimum atomic E-state index is 0.0924. The Labute approximate surface area is 134 Å². The Morgan fingerprint density at radius 3 is 2.78 bits per heavy atom. The van der Waals surface area contributed by atoms with Gasteiger partial charge in [0.25, 0.3) is 0 Å². The van der Waals surface area contributed by atoms with Crippen LogP contribution in [-0.4, -0.2) is 54.7 Å². The van der Waals surface area contributed by atoms with Gasteiger partial charge >= 0.3 is 6.03 Å². The number of aromatic nitrogens is 4. The minimum absolute atomic E-state index is 0.0924. The van der Waals surface area contributed by atoms with Crippen LogP contribution in [0.1, 0.15) is 30.1 Å². The summed E-state index contributed by atoms with van der Waals surface area (Å²) in [5, 5.41) is 4.20. The van der Waals surface area contributed by atoms with Crippen LogP contribution in [0.2, 0.25) is 0 Å². The molecule has 2 fully saturated rings. The van der Waals surface area contributed by atoms with Gasteiger partial charge in [0.1, 0.15) is 0 Å². The molecule has 2 aromatic heterocycles. The molecule has 0 N–H and O–H groups in total. The number of nitrogens with zero attached hydrogens (tertiary/aromatic N) is 6. The van der Waals surface area contributed by atoms with E-state index in [2.05, 4.69) is 15.1 Å². The molecule has 3 heterocycles. The average Bonchev–Trinajstić information content (AvgIpc) is 3.23. The summed E-state index contributed by atoms with van der Waals surface area (Å²) in [6.45, 7) is 0.605. The highest BCUT2D eigenvalue weighted by Crippen LogP contribution is 2.43. The molecule has 2 aromatic rings. The zero-order chi connectivity index (χ0) is 16.0. The lowest BCUT2D eigenvalue weighted by molar-refractivity contribution is 0.183. The lowest BCUT2D eigenvalue weighted by Gasteiger charge is -2.23. The Morgan fingerprint density at radius 1 is 1.22 bits per heavy atom. The molecule has 120 valence electrons. The molecule has 1 saturated heterocycles. The molecule has 2 amide bonds. The second-order valence-electron chi connectivity index (χ2n) is 6.34. The summed E-state index contributed by atoms with van der Waals surface area (Å²) in [5.41, 5.74) is 2.04. The molecule has 1 aliphatic heterocycles. The number of aryl methyl sites for hydroxylation is 1. The first-order chi connectivity index (χ1) is 11.2. The fourth-order valence-electron chi connectivity index (χ4n) is 4.04. The van der Waals surface area contributed by atoms with Gasteiger partial charge in [0.15, 0.2) is 0 Å². The molecule has 1 aliphatic carbocycles. The number of fused-ring (bicyclic) bond motifs is 1. The van der Waals surface area contributed by atoms with Gasteiger partial charge in [-0.25, -0.2) is 4.79 Å². The number of urea groups is 1. The molecule has 0 bridgehead atoms. The third kappa shape index (κ3) is 2.18. The van der Waals surface area contributed by atoms with Crippen molar-refractivity contribution in [1.29, 1.82) is 0 Å². The van der Waals surface area contributed by atoms with E-state index in [-0.39, 0.29) is 24.0 Å². The zero-order valence-electron chi connectivity index (χ0n) is 13.3. The number of rotatable bonds is 3. The van der Waals surface area contributed by atoms with Crippen LogP contribution >= 0.6 is 0 Å². The van der Waals surface area contributed by atoms with E-state index in [0.717, 1.165) is 24.2 Å². The van der Waals surface area contributed by atoms with E-state index >= 15 is 0 Å². The van der Waals surface area contributed by atoms with Crippen LogP contribution in [0, 0.1) is 0 Å². The van der Waals surface area contributed by atoms with Crippen molar-refractivity contribution in [2.24, 2.45) is 7.05 Å². The standard InChI is InChI=1S/C16H20N6O/c1-20-15-12(13-9-17-7-8-18-13)3-4-14(15)22(16(20)23)10-11-5-6-19-21(11)2/h5-9,12,14-15H,3-4,10H2,1-2H3/t12-,14-,15+/m0/s1. The summed E-state index contributed by atoms with van der Waals surface area (Å²) < 4.78 is 1.83. The van der Waals surface area contributed by atoms with Gasteiger partial charge < -0.3 is 9.80 Å². The number of carbonyl (C=O) groups is 1. The monoisotopic (exact) mass is 312 g/mol. The molecule has 1 saturated carbocycles. The van der Waals surface area contributed by atoms with E-state index in [0.29, 0.717) is 6.54 Å². The molecule has 2 aliphatic rings. The molecule has 3 atom stereocenters. The highest BCUT2D eigenvalue weighted by molar-refractivity contribution is 5.78. The lowest BCUT2D eigenvalue weighted by atomic mass is 9.98. The number of hydrogen-bond donors (Lipinski definition) is 0. The smallest absolute Gasteiger partial charge is 0.320 e. The minimum Gasteiger partial charge on any atom is -0.322 e. The summed E-state index contributed by atoms with van der Waals surface area (Å²) in [4.78, 5) is 25.2. The second kappa shape index (κ2) is 5.33. The van der Waals surface area contributed by atoms with Gasteiger partial charge in [0.2, 0.25) is 0 Å². The first kappa shape index (κ1) is 14.2. The number of amides is 2. The maximum atomic E-state index is 12.7. The van der Waals surface area contributed by atoms with Crippen molar-refractivity contribution in [3.05, 3.63) is 42.2 Å². The predicted molar refractivity (Wildman–Crippen MR) is 83.5 cm³/mol. The van der Waals surface area contributed by atoms with Crippen molar-refractivity contribution in [2.45, 2.75) is 37.4 Å². The van der Waals surface area contributed by atoms with Crippen molar-refractivity contribution in [1.82, 2.24) is 29.5 Å². The third-order valence-electron chi connectivity index (χ3n) is 5.19. The summed E-state index contributed by atoms with van der Waals surface area (Å²) >= 11 is 0. The molecule has 0 spiro atoms. The van der Waals surface area contributed by atoms with Crippen LogP contribution in [0.5, 0.6) is 0 Å². The van der Waals surface area contributed by atoms with Crippen LogP contribution < -0.4 is 0 Å². The van der Waals surface area contributed by atoms with Gasteiger partial charge in [0.05, 0.1) is 30.0 Å². The fourth-order valence-corrected chi connectivity index (χ4v) is 4.04. The van der Waals surface area contributed by atoms with Crippen LogP contribution in [-0.2, 0) is 13.6 Å². The van der Waals surface area contributed by atoms with Gasteiger partial charge in [-0.1, -0.05) is 0 Å². The van der Waals surface area contributed by atoms with E-state index < -0.39 is 0 Å². The molecule has 23 heavy (non-hydrogen) atoms. The van der Waals surface area contributed by atoms with Crippen molar-refractivity contribution in [3.8, 4) is 0 Å². The zero-order valence-corrected chi connectivity index (χ0v) is 13.3. The van der Waals surface area contributed by atoms with Gasteiger partial charge in [-0.3, -0.25) is 14.6 Å². The Kier molecular flexibility index (Phi) is 3.28. The molecule has 4 rings (SSSR count). The highest BCUT2D eigenvalue weighted by Gasteiger charge is 2.51. The summed E-state index contributed by atoms with van der Waals surface area (Å²) in [6.07, 6.45) is 9.05. The van der Waals surface area contributed by atoms with E-state index in [1.807, 2.05) is 40.8 Å².